The van der Waals surface area contributed by atoms with Gasteiger partial charge in [0.15, 0.2) is 5.82 Å². The zero-order valence-corrected chi connectivity index (χ0v) is 24.6. The van der Waals surface area contributed by atoms with Crippen molar-refractivity contribution in [1.82, 2.24) is 15.0 Å². The third-order valence-corrected chi connectivity index (χ3v) is 9.32. The molecule has 3 fully saturated rings. The zero-order chi connectivity index (χ0) is 29.6. The van der Waals surface area contributed by atoms with Crippen LogP contribution in [0.25, 0.3) is 10.6 Å². The largest absolute Gasteiger partial charge is 0.480 e. The van der Waals surface area contributed by atoms with Crippen molar-refractivity contribution >= 4 is 40.4 Å². The number of carbonyl (C=O) groups is 1. The van der Waals surface area contributed by atoms with E-state index in [1.165, 1.54) is 22.4 Å². The molecule has 0 saturated carbocycles. The fraction of sp³-hybridized carbons (Fsp3) is 0.500. The van der Waals surface area contributed by atoms with E-state index in [-0.39, 0.29) is 24.8 Å². The normalized spacial score (nSPS) is 23.4. The summed E-state index contributed by atoms with van der Waals surface area (Å²) >= 11 is 7.74. The number of rotatable bonds is 8. The van der Waals surface area contributed by atoms with Gasteiger partial charge in [0, 0.05) is 25.2 Å². The molecule has 3 aliphatic heterocycles. The van der Waals surface area contributed by atoms with Crippen molar-refractivity contribution in [3.63, 3.8) is 0 Å². The molecule has 42 heavy (non-hydrogen) atoms. The molecule has 14 heteroatoms. The highest BCUT2D eigenvalue weighted by Crippen LogP contribution is 2.40. The van der Waals surface area contributed by atoms with Crippen LogP contribution in [-0.4, -0.2) is 82.7 Å². The Bertz CT molecular complexity index is 1470. The summed E-state index contributed by atoms with van der Waals surface area (Å²) in [5.41, 5.74) is 1.63. The smallest absolute Gasteiger partial charge is 0.326 e. The summed E-state index contributed by atoms with van der Waals surface area (Å²) in [6.07, 6.45) is -1.17. The number of ether oxygens (including phenoxy) is 3. The second-order valence-electron chi connectivity index (χ2n) is 10.7. The summed E-state index contributed by atoms with van der Waals surface area (Å²) in [7, 11) is 0. The molecule has 224 valence electrons. The fourth-order valence-electron chi connectivity index (χ4n) is 5.66. The molecule has 6 heterocycles. The number of anilines is 2. The van der Waals surface area contributed by atoms with E-state index in [1.54, 1.807) is 12.1 Å². The number of nitrogens with zero attached hydrogens (tertiary/aromatic N) is 5. The number of carboxylic acid groups (broad SMARTS) is 1. The van der Waals surface area contributed by atoms with Gasteiger partial charge in [-0.15, -0.1) is 11.3 Å². The van der Waals surface area contributed by atoms with Crippen LogP contribution in [0.3, 0.4) is 0 Å². The van der Waals surface area contributed by atoms with Gasteiger partial charge in [0.2, 0.25) is 5.88 Å². The molecular formula is C28H30ClF2N5O5S. The Morgan fingerprint density at radius 2 is 2.10 bits per heavy atom. The molecule has 3 aromatic rings. The van der Waals surface area contributed by atoms with Crippen LogP contribution >= 0.6 is 22.9 Å². The van der Waals surface area contributed by atoms with E-state index in [0.29, 0.717) is 53.5 Å². The average Bonchev–Trinajstić information content (AvgIpc) is 3.61. The maximum absolute atomic E-state index is 13.9. The minimum absolute atomic E-state index is 0.0489. The van der Waals surface area contributed by atoms with Gasteiger partial charge in [-0.1, -0.05) is 18.5 Å². The van der Waals surface area contributed by atoms with E-state index in [1.807, 2.05) is 18.4 Å². The quantitative estimate of drug-likeness (QED) is 0.374. The molecular weight excluding hydrogens is 592 g/mol. The van der Waals surface area contributed by atoms with E-state index in [2.05, 4.69) is 26.8 Å². The van der Waals surface area contributed by atoms with Crippen LogP contribution in [0, 0.1) is 0 Å². The Morgan fingerprint density at radius 1 is 1.29 bits per heavy atom. The van der Waals surface area contributed by atoms with Crippen LogP contribution in [0.4, 0.5) is 20.3 Å². The molecule has 1 N–H and O–H groups in total. The summed E-state index contributed by atoms with van der Waals surface area (Å²) < 4.78 is 45.6. The third kappa shape index (κ3) is 5.38. The van der Waals surface area contributed by atoms with Gasteiger partial charge < -0.3 is 29.1 Å². The number of aromatic nitrogens is 3. The number of aryl methyl sites for hydroxylation is 1. The molecule has 10 nitrogen and oxygen atoms in total. The summed E-state index contributed by atoms with van der Waals surface area (Å²) in [5, 5.41) is 12.5. The first-order valence-corrected chi connectivity index (χ1v) is 15.0. The van der Waals surface area contributed by atoms with Crippen molar-refractivity contribution in [3.8, 4) is 16.5 Å². The van der Waals surface area contributed by atoms with E-state index < -0.39 is 36.0 Å². The van der Waals surface area contributed by atoms with Crippen molar-refractivity contribution in [1.29, 1.82) is 0 Å². The highest BCUT2D eigenvalue weighted by atomic mass is 35.5. The number of hydrogen-bond donors (Lipinski definition) is 1. The molecule has 1 spiro atoms. The predicted molar refractivity (Wildman–Crippen MR) is 153 cm³/mol. The molecule has 3 saturated heterocycles. The lowest BCUT2D eigenvalue weighted by molar-refractivity contribution is -0.228. The second kappa shape index (κ2) is 11.5. The first kappa shape index (κ1) is 29.0. The van der Waals surface area contributed by atoms with E-state index in [9.17, 15) is 18.7 Å². The lowest BCUT2D eigenvalue weighted by Crippen LogP contribution is -2.68. The van der Waals surface area contributed by atoms with Gasteiger partial charge in [0.05, 0.1) is 48.0 Å². The first-order chi connectivity index (χ1) is 20.2. The number of halogens is 3. The van der Waals surface area contributed by atoms with E-state index in [0.717, 1.165) is 12.0 Å². The molecule has 3 aliphatic rings. The molecule has 0 aliphatic carbocycles. The van der Waals surface area contributed by atoms with Crippen LogP contribution in [0.2, 0.25) is 5.02 Å². The topological polar surface area (TPSA) is 110 Å². The van der Waals surface area contributed by atoms with Gasteiger partial charge in [-0.3, -0.25) is 0 Å². The number of pyridine rings is 1. The highest BCUT2D eigenvalue weighted by molar-refractivity contribution is 7.13. The van der Waals surface area contributed by atoms with E-state index >= 15 is 0 Å². The number of morpholine rings is 1. The Balaban J connectivity index is 1.29. The molecule has 0 aromatic carbocycles. The van der Waals surface area contributed by atoms with Gasteiger partial charge in [0.25, 0.3) is 6.43 Å². The van der Waals surface area contributed by atoms with Gasteiger partial charge >= 0.3 is 5.97 Å². The highest BCUT2D eigenvalue weighted by Gasteiger charge is 2.50. The van der Waals surface area contributed by atoms with E-state index in [4.69, 9.17) is 25.8 Å². The SMILES string of the molecule is CCc1csc(-c2cc(N3C[C@@H](Oc4ncc(Cl)cc4N4CCOC5(COC5)[C@@H]4C)C[C@H]3C(=O)O)nc(C(F)F)n2)c1. The minimum Gasteiger partial charge on any atom is -0.480 e. The van der Waals surface area contributed by atoms with Gasteiger partial charge in [-0.2, -0.15) is 0 Å². The number of hydrogen-bond acceptors (Lipinski definition) is 10. The Labute approximate surface area is 250 Å². The minimum atomic E-state index is -2.92. The number of alkyl halides is 2. The molecule has 0 radical (unpaired) electrons. The van der Waals surface area contributed by atoms with Crippen LogP contribution in [0.15, 0.2) is 29.8 Å². The standard InChI is InChI=1S/C28H30ClF2N5O5S/c1-3-16-6-22(42-12-16)19-9-23(34-25(33-19)24(30)31)36-11-18(8-21(36)27(37)38)41-26-20(7-17(29)10-32-26)35-4-5-40-28(15(35)2)13-39-14-28/h6-7,9-10,12,15,18,21,24H,3-5,8,11,13-14H2,1-2H3,(H,37,38)/t15-,18-,21-/m0/s1. The fourth-order valence-corrected chi connectivity index (χ4v) is 6.77. The lowest BCUT2D eigenvalue weighted by Gasteiger charge is -2.53. The van der Waals surface area contributed by atoms with Crippen molar-refractivity contribution in [2.24, 2.45) is 0 Å². The molecule has 0 unspecified atom stereocenters. The predicted octanol–water partition coefficient (Wildman–Crippen LogP) is 4.86. The van der Waals surface area contributed by atoms with Crippen LogP contribution in [0.1, 0.15) is 38.1 Å². The Morgan fingerprint density at radius 3 is 2.76 bits per heavy atom. The summed E-state index contributed by atoms with van der Waals surface area (Å²) in [5.74, 6) is -1.35. The lowest BCUT2D eigenvalue weighted by atomic mass is 9.90. The van der Waals surface area contributed by atoms with Gasteiger partial charge in [-0.05, 0) is 36.4 Å². The zero-order valence-electron chi connectivity index (χ0n) is 23.0. The average molecular weight is 622 g/mol. The summed E-state index contributed by atoms with van der Waals surface area (Å²) in [6, 6.07) is 4.14. The van der Waals surface area contributed by atoms with Crippen molar-refractivity contribution in [2.45, 2.75) is 56.9 Å². The first-order valence-electron chi connectivity index (χ1n) is 13.7. The molecule has 6 rings (SSSR count). The maximum Gasteiger partial charge on any atom is 0.326 e. The second-order valence-corrected chi connectivity index (χ2v) is 12.0. The number of aliphatic carboxylic acids is 1. The number of thiophene rings is 1. The third-order valence-electron chi connectivity index (χ3n) is 8.11. The molecule has 3 atom stereocenters. The van der Waals surface area contributed by atoms with Crippen LogP contribution < -0.4 is 14.5 Å². The molecule has 3 aromatic heterocycles. The Hall–Kier alpha value is -3.13. The maximum atomic E-state index is 13.9. The van der Waals surface area contributed by atoms with Crippen molar-refractivity contribution < 1.29 is 32.9 Å². The molecule has 0 amide bonds. The molecule has 0 bridgehead atoms. The van der Waals surface area contributed by atoms with Gasteiger partial charge in [0.1, 0.15) is 29.3 Å². The van der Waals surface area contributed by atoms with Crippen molar-refractivity contribution in [2.75, 3.05) is 42.7 Å². The Kier molecular flexibility index (Phi) is 7.94. The summed E-state index contributed by atoms with van der Waals surface area (Å²) in [4.78, 5) is 29.3. The number of carboxylic acids is 1. The van der Waals surface area contributed by atoms with Crippen LogP contribution in [0.5, 0.6) is 5.88 Å². The van der Waals surface area contributed by atoms with Gasteiger partial charge in [-0.25, -0.2) is 28.5 Å². The summed E-state index contributed by atoms with van der Waals surface area (Å²) in [6.45, 7) is 6.20. The monoisotopic (exact) mass is 621 g/mol. The van der Waals surface area contributed by atoms with Crippen LogP contribution in [-0.2, 0) is 20.7 Å². The van der Waals surface area contributed by atoms with Crippen molar-refractivity contribution in [3.05, 3.63) is 46.2 Å².